The summed E-state index contributed by atoms with van der Waals surface area (Å²) in [6.45, 7) is 7.19. The van der Waals surface area contributed by atoms with Gasteiger partial charge in [-0.2, -0.15) is 0 Å². The van der Waals surface area contributed by atoms with Gasteiger partial charge in [0.1, 0.15) is 11.5 Å². The Kier molecular flexibility index (Phi) is 15.8. The molecule has 4 rings (SSSR count). The van der Waals surface area contributed by atoms with Crippen molar-refractivity contribution >= 4 is 11.6 Å². The van der Waals surface area contributed by atoms with Crippen molar-refractivity contribution in [2.75, 3.05) is 79.9 Å². The first-order chi connectivity index (χ1) is 23.5. The number of carbonyl (C=O) groups is 2. The first-order valence-electron chi connectivity index (χ1n) is 16.7. The van der Waals surface area contributed by atoms with E-state index in [1.165, 1.54) is 0 Å². The number of rotatable bonds is 23. The predicted octanol–water partition coefficient (Wildman–Crippen LogP) is 6.28. The molecule has 254 valence electrons. The van der Waals surface area contributed by atoms with Crippen molar-refractivity contribution in [3.05, 3.63) is 131 Å². The molecule has 0 radical (unpaired) electrons. The highest BCUT2D eigenvalue weighted by molar-refractivity contribution is 6.09. The second-order valence-electron chi connectivity index (χ2n) is 11.7. The lowest BCUT2D eigenvalue weighted by atomic mass is 10.0. The summed E-state index contributed by atoms with van der Waals surface area (Å²) in [4.78, 5) is 29.5. The van der Waals surface area contributed by atoms with Crippen LogP contribution < -0.4 is 9.47 Å². The Hall–Kier alpha value is -4.34. The van der Waals surface area contributed by atoms with Crippen LogP contribution >= 0.6 is 0 Å². The van der Waals surface area contributed by atoms with Gasteiger partial charge < -0.3 is 28.7 Å². The van der Waals surface area contributed by atoms with Gasteiger partial charge in [-0.15, -0.1) is 0 Å². The van der Waals surface area contributed by atoms with Crippen LogP contribution in [-0.4, -0.2) is 101 Å². The summed E-state index contributed by atoms with van der Waals surface area (Å²) in [6.07, 6.45) is 1.79. The Morgan fingerprint density at radius 2 is 0.792 bits per heavy atom. The average Bonchev–Trinajstić information content (AvgIpc) is 3.13. The molecule has 0 heterocycles. The molecule has 4 aromatic rings. The van der Waals surface area contributed by atoms with Crippen molar-refractivity contribution < 1.29 is 28.5 Å². The molecule has 0 fully saturated rings. The normalized spacial score (nSPS) is 11.2. The molecule has 0 atom stereocenters. The number of ketones is 2. The van der Waals surface area contributed by atoms with E-state index in [1.807, 2.05) is 109 Å². The summed E-state index contributed by atoms with van der Waals surface area (Å²) in [5.41, 5.74) is 2.68. The number of benzene rings is 4. The van der Waals surface area contributed by atoms with E-state index in [0.717, 1.165) is 50.5 Å². The maximum absolute atomic E-state index is 12.5. The fraction of sp³-hybridized carbons (Fsp3) is 0.350. The van der Waals surface area contributed by atoms with Gasteiger partial charge in [0.25, 0.3) is 0 Å². The van der Waals surface area contributed by atoms with Gasteiger partial charge in [0.05, 0.1) is 39.6 Å². The smallest absolute Gasteiger partial charge is 0.193 e. The SMILES string of the molecule is CN(CCCOc1ccc(C(=O)c2ccccc2)cc1)CCOCCOCCN(C)CCCOc1ccc(C(=O)c2ccccc2)cc1. The molecule has 4 aromatic carbocycles. The highest BCUT2D eigenvalue weighted by Gasteiger charge is 2.10. The number of ether oxygens (including phenoxy) is 4. The van der Waals surface area contributed by atoms with Gasteiger partial charge in [0, 0.05) is 48.4 Å². The second kappa shape index (κ2) is 20.8. The van der Waals surface area contributed by atoms with Crippen LogP contribution in [0.5, 0.6) is 11.5 Å². The Bertz CT molecular complexity index is 1370. The third-order valence-electron chi connectivity index (χ3n) is 7.82. The van der Waals surface area contributed by atoms with Crippen LogP contribution in [0, 0.1) is 0 Å². The van der Waals surface area contributed by atoms with Crippen molar-refractivity contribution in [2.24, 2.45) is 0 Å². The maximum atomic E-state index is 12.5. The van der Waals surface area contributed by atoms with Crippen LogP contribution in [-0.2, 0) is 9.47 Å². The molecule has 0 amide bonds. The highest BCUT2D eigenvalue weighted by Crippen LogP contribution is 2.17. The second-order valence-corrected chi connectivity index (χ2v) is 11.7. The van der Waals surface area contributed by atoms with E-state index in [2.05, 4.69) is 23.9 Å². The largest absolute Gasteiger partial charge is 0.494 e. The van der Waals surface area contributed by atoms with Gasteiger partial charge in [0.2, 0.25) is 0 Å². The zero-order valence-corrected chi connectivity index (χ0v) is 28.2. The molecule has 0 N–H and O–H groups in total. The van der Waals surface area contributed by atoms with E-state index in [4.69, 9.17) is 18.9 Å². The lowest BCUT2D eigenvalue weighted by Crippen LogP contribution is -2.27. The van der Waals surface area contributed by atoms with Gasteiger partial charge in [0.15, 0.2) is 11.6 Å². The molecular formula is C40H48N2O6. The maximum Gasteiger partial charge on any atom is 0.193 e. The number of carbonyl (C=O) groups excluding carboxylic acids is 2. The van der Waals surface area contributed by atoms with Crippen molar-refractivity contribution in [3.8, 4) is 11.5 Å². The number of likely N-dealkylation sites (N-methyl/N-ethyl adjacent to an activating group) is 2. The summed E-state index contributed by atoms with van der Waals surface area (Å²) >= 11 is 0. The molecule has 0 spiro atoms. The minimum atomic E-state index is 0.0125. The van der Waals surface area contributed by atoms with E-state index in [1.54, 1.807) is 0 Å². The minimum absolute atomic E-state index is 0.0125. The van der Waals surface area contributed by atoms with Crippen LogP contribution in [0.15, 0.2) is 109 Å². The summed E-state index contributed by atoms with van der Waals surface area (Å²) in [5, 5.41) is 0. The van der Waals surface area contributed by atoms with Crippen molar-refractivity contribution in [2.45, 2.75) is 12.8 Å². The topological polar surface area (TPSA) is 77.5 Å². The molecule has 8 nitrogen and oxygen atoms in total. The van der Waals surface area contributed by atoms with Gasteiger partial charge >= 0.3 is 0 Å². The van der Waals surface area contributed by atoms with Gasteiger partial charge in [-0.25, -0.2) is 0 Å². The van der Waals surface area contributed by atoms with Crippen molar-refractivity contribution in [1.82, 2.24) is 9.80 Å². The van der Waals surface area contributed by atoms with Crippen LogP contribution in [0.1, 0.15) is 44.7 Å². The molecule has 0 aliphatic carbocycles. The summed E-state index contributed by atoms with van der Waals surface area (Å²) < 4.78 is 23.2. The van der Waals surface area contributed by atoms with E-state index in [-0.39, 0.29) is 11.6 Å². The molecular weight excluding hydrogens is 604 g/mol. The average molecular weight is 653 g/mol. The Morgan fingerprint density at radius 1 is 0.438 bits per heavy atom. The monoisotopic (exact) mass is 652 g/mol. The molecule has 0 unspecified atom stereocenters. The quantitative estimate of drug-likeness (QED) is 0.0685. The summed E-state index contributed by atoms with van der Waals surface area (Å²) in [6, 6.07) is 33.2. The molecule has 8 heteroatoms. The van der Waals surface area contributed by atoms with Crippen LogP contribution in [0.2, 0.25) is 0 Å². The van der Waals surface area contributed by atoms with Crippen molar-refractivity contribution in [3.63, 3.8) is 0 Å². The number of nitrogens with zero attached hydrogens (tertiary/aromatic N) is 2. The Balaban J connectivity index is 0.937. The van der Waals surface area contributed by atoms with Gasteiger partial charge in [-0.3, -0.25) is 9.59 Å². The summed E-state index contributed by atoms with van der Waals surface area (Å²) in [7, 11) is 4.16. The molecule has 48 heavy (non-hydrogen) atoms. The predicted molar refractivity (Wildman–Crippen MR) is 189 cm³/mol. The first kappa shape index (κ1) is 36.5. The number of hydrogen-bond acceptors (Lipinski definition) is 8. The Morgan fingerprint density at radius 3 is 1.17 bits per heavy atom. The van der Waals surface area contributed by atoms with E-state index in [0.29, 0.717) is 61.9 Å². The van der Waals surface area contributed by atoms with Crippen molar-refractivity contribution in [1.29, 1.82) is 0 Å². The summed E-state index contributed by atoms with van der Waals surface area (Å²) in [5.74, 6) is 1.56. The van der Waals surface area contributed by atoms with Crippen LogP contribution in [0.3, 0.4) is 0 Å². The fourth-order valence-corrected chi connectivity index (χ4v) is 4.95. The standard InChI is InChI=1S/C40H48N2O6/c1-41(23-9-27-47-37-19-15-35(16-20-37)39(43)33-11-5-3-6-12-33)25-29-45-31-32-46-30-26-42(2)24-10-28-48-38-21-17-36(18-22-38)40(44)34-13-7-4-8-14-34/h3-8,11-22H,9-10,23-32H2,1-2H3. The first-order valence-corrected chi connectivity index (χ1v) is 16.7. The van der Waals surface area contributed by atoms with Crippen LogP contribution in [0.4, 0.5) is 0 Å². The van der Waals surface area contributed by atoms with Gasteiger partial charge in [-0.05, 0) is 75.5 Å². The third kappa shape index (κ3) is 13.0. The van der Waals surface area contributed by atoms with Gasteiger partial charge in [-0.1, -0.05) is 60.7 Å². The minimum Gasteiger partial charge on any atom is -0.494 e. The van der Waals surface area contributed by atoms with E-state index < -0.39 is 0 Å². The molecule has 0 aliphatic heterocycles. The molecule has 0 aromatic heterocycles. The zero-order valence-electron chi connectivity index (χ0n) is 28.2. The number of hydrogen-bond donors (Lipinski definition) is 0. The molecule has 0 saturated carbocycles. The van der Waals surface area contributed by atoms with E-state index in [9.17, 15) is 9.59 Å². The lowest BCUT2D eigenvalue weighted by Gasteiger charge is -2.18. The third-order valence-corrected chi connectivity index (χ3v) is 7.82. The molecule has 0 bridgehead atoms. The molecule has 0 saturated heterocycles. The zero-order chi connectivity index (χ0) is 33.8. The van der Waals surface area contributed by atoms with E-state index >= 15 is 0 Å². The Labute approximate surface area is 285 Å². The fourth-order valence-electron chi connectivity index (χ4n) is 4.95. The molecule has 0 aliphatic rings. The highest BCUT2D eigenvalue weighted by atomic mass is 16.5. The van der Waals surface area contributed by atoms with Crippen LogP contribution in [0.25, 0.3) is 0 Å². The lowest BCUT2D eigenvalue weighted by molar-refractivity contribution is 0.0345.